The van der Waals surface area contributed by atoms with E-state index >= 15 is 0 Å². The number of amides is 1. The Morgan fingerprint density at radius 1 is 1.29 bits per heavy atom. The van der Waals surface area contributed by atoms with Gasteiger partial charge in [-0.15, -0.1) is 0 Å². The number of anilines is 1. The van der Waals surface area contributed by atoms with Crippen molar-refractivity contribution >= 4 is 22.5 Å². The Morgan fingerprint density at radius 3 is 2.90 bits per heavy atom. The average Bonchev–Trinajstić information content (AvgIpc) is 3.02. The summed E-state index contributed by atoms with van der Waals surface area (Å²) in [6.45, 7) is 2.33. The zero-order chi connectivity index (χ0) is 14.7. The Kier molecular flexibility index (Phi) is 3.90. The first-order chi connectivity index (χ1) is 10.2. The maximum absolute atomic E-state index is 12.0. The van der Waals surface area contributed by atoms with Crippen LogP contribution in [-0.4, -0.2) is 40.5 Å². The molecule has 0 atom stereocenters. The molecule has 1 aliphatic rings. The van der Waals surface area contributed by atoms with Crippen LogP contribution >= 0.6 is 0 Å². The zero-order valence-corrected chi connectivity index (χ0v) is 11.9. The Balaban J connectivity index is 1.65. The molecular weight excluding hydrogens is 266 g/mol. The lowest BCUT2D eigenvalue weighted by Crippen LogP contribution is -2.29. The van der Waals surface area contributed by atoms with E-state index in [1.807, 2.05) is 17.0 Å². The van der Waals surface area contributed by atoms with Gasteiger partial charge in [0.1, 0.15) is 11.6 Å². The van der Waals surface area contributed by atoms with Gasteiger partial charge in [0.25, 0.3) is 0 Å². The van der Waals surface area contributed by atoms with Crippen LogP contribution in [0, 0.1) is 0 Å². The van der Waals surface area contributed by atoms with Gasteiger partial charge in [-0.3, -0.25) is 4.79 Å². The number of nitrogens with zero attached hydrogens (tertiary/aromatic N) is 2. The van der Waals surface area contributed by atoms with Crippen LogP contribution in [0.3, 0.4) is 0 Å². The number of hydrogen-bond acceptors (Lipinski definition) is 4. The van der Waals surface area contributed by atoms with Crippen molar-refractivity contribution in [3.8, 4) is 5.75 Å². The van der Waals surface area contributed by atoms with Gasteiger partial charge in [0.2, 0.25) is 5.91 Å². The molecule has 1 aromatic carbocycles. The number of phenolic OH excluding ortho intramolecular Hbond substituents is 1. The third kappa shape index (κ3) is 3.07. The van der Waals surface area contributed by atoms with E-state index in [9.17, 15) is 9.90 Å². The van der Waals surface area contributed by atoms with Gasteiger partial charge in [-0.25, -0.2) is 4.98 Å². The van der Waals surface area contributed by atoms with Crippen molar-refractivity contribution < 1.29 is 9.90 Å². The molecule has 21 heavy (non-hydrogen) atoms. The summed E-state index contributed by atoms with van der Waals surface area (Å²) in [5.41, 5.74) is 0. The molecule has 5 heteroatoms. The monoisotopic (exact) mass is 285 g/mol. The number of aromatic hydroxyl groups is 1. The zero-order valence-electron chi connectivity index (χ0n) is 11.9. The largest absolute Gasteiger partial charge is 0.508 e. The topological polar surface area (TPSA) is 65.5 Å². The summed E-state index contributed by atoms with van der Waals surface area (Å²) < 4.78 is 0. The van der Waals surface area contributed by atoms with Crippen LogP contribution in [0.1, 0.15) is 19.3 Å². The molecule has 0 bridgehead atoms. The van der Waals surface area contributed by atoms with Gasteiger partial charge in [0.05, 0.1) is 0 Å². The molecule has 2 N–H and O–H groups in total. The fraction of sp³-hybridized carbons (Fsp3) is 0.375. The molecule has 5 nitrogen and oxygen atoms in total. The number of carbonyl (C=O) groups is 1. The summed E-state index contributed by atoms with van der Waals surface area (Å²) in [5, 5.41) is 14.7. The van der Waals surface area contributed by atoms with Crippen LogP contribution in [0.5, 0.6) is 5.75 Å². The van der Waals surface area contributed by atoms with Crippen molar-refractivity contribution in [3.63, 3.8) is 0 Å². The number of aromatic nitrogens is 1. The second kappa shape index (κ2) is 5.99. The van der Waals surface area contributed by atoms with E-state index in [4.69, 9.17) is 0 Å². The number of rotatable bonds is 4. The normalized spacial score (nSPS) is 14.6. The highest BCUT2D eigenvalue weighted by atomic mass is 16.3. The molecule has 2 aromatic rings. The van der Waals surface area contributed by atoms with Gasteiger partial charge >= 0.3 is 0 Å². The van der Waals surface area contributed by atoms with E-state index in [2.05, 4.69) is 10.3 Å². The molecule has 1 amide bonds. The molecule has 1 aliphatic heterocycles. The number of pyridine rings is 1. The molecule has 1 saturated heterocycles. The third-order valence-electron chi connectivity index (χ3n) is 3.84. The van der Waals surface area contributed by atoms with Gasteiger partial charge in [0.15, 0.2) is 0 Å². The Bertz CT molecular complexity index is 651. The van der Waals surface area contributed by atoms with Crippen molar-refractivity contribution in [2.45, 2.75) is 19.3 Å². The molecule has 0 radical (unpaired) electrons. The fourth-order valence-electron chi connectivity index (χ4n) is 2.71. The predicted octanol–water partition coefficient (Wildman–Crippen LogP) is 2.36. The first-order valence-electron chi connectivity index (χ1n) is 7.33. The fourth-order valence-corrected chi connectivity index (χ4v) is 2.71. The molecule has 1 fully saturated rings. The number of hydrogen-bond donors (Lipinski definition) is 2. The molecule has 0 spiro atoms. The standard InChI is InChI=1S/C16H19N3O2/c20-13-4-3-12-5-7-17-16(14(12)11-13)18-8-6-15(21)19-9-1-2-10-19/h3-5,7,11,20H,1-2,6,8-10H2,(H,17,18). The molecular formula is C16H19N3O2. The molecule has 110 valence electrons. The smallest absolute Gasteiger partial charge is 0.224 e. The van der Waals surface area contributed by atoms with Crippen molar-refractivity contribution in [2.24, 2.45) is 0 Å². The average molecular weight is 285 g/mol. The van der Waals surface area contributed by atoms with Gasteiger partial charge < -0.3 is 15.3 Å². The van der Waals surface area contributed by atoms with Gasteiger partial charge in [-0.1, -0.05) is 6.07 Å². The van der Waals surface area contributed by atoms with Crippen LogP contribution in [-0.2, 0) is 4.79 Å². The Morgan fingerprint density at radius 2 is 2.10 bits per heavy atom. The van der Waals surface area contributed by atoms with E-state index in [-0.39, 0.29) is 11.7 Å². The van der Waals surface area contributed by atoms with E-state index in [0.717, 1.165) is 36.7 Å². The summed E-state index contributed by atoms with van der Waals surface area (Å²) in [7, 11) is 0. The summed E-state index contributed by atoms with van der Waals surface area (Å²) >= 11 is 0. The Hall–Kier alpha value is -2.30. The highest BCUT2D eigenvalue weighted by molar-refractivity contribution is 5.92. The predicted molar refractivity (Wildman–Crippen MR) is 82.3 cm³/mol. The molecule has 3 rings (SSSR count). The number of nitrogens with one attached hydrogen (secondary N) is 1. The lowest BCUT2D eigenvalue weighted by atomic mass is 10.1. The molecule has 0 unspecified atom stereocenters. The van der Waals surface area contributed by atoms with Crippen LogP contribution in [0.25, 0.3) is 10.8 Å². The molecule has 1 aromatic heterocycles. The number of phenols is 1. The Labute approximate surface area is 123 Å². The summed E-state index contributed by atoms with van der Waals surface area (Å²) in [6.07, 6.45) is 4.42. The minimum absolute atomic E-state index is 0.197. The minimum atomic E-state index is 0.197. The van der Waals surface area contributed by atoms with Crippen molar-refractivity contribution in [1.29, 1.82) is 0 Å². The summed E-state index contributed by atoms with van der Waals surface area (Å²) in [6, 6.07) is 7.10. The summed E-state index contributed by atoms with van der Waals surface area (Å²) in [5.74, 6) is 1.12. The van der Waals surface area contributed by atoms with Crippen molar-refractivity contribution in [1.82, 2.24) is 9.88 Å². The number of benzene rings is 1. The van der Waals surface area contributed by atoms with E-state index < -0.39 is 0 Å². The van der Waals surface area contributed by atoms with Gasteiger partial charge in [-0.05, 0) is 36.4 Å². The third-order valence-corrected chi connectivity index (χ3v) is 3.84. The lowest BCUT2D eigenvalue weighted by molar-refractivity contribution is -0.129. The maximum atomic E-state index is 12.0. The van der Waals surface area contributed by atoms with E-state index in [1.54, 1.807) is 18.3 Å². The first kappa shape index (κ1) is 13.7. The second-order valence-corrected chi connectivity index (χ2v) is 5.33. The SMILES string of the molecule is O=C(CCNc1nccc2ccc(O)cc12)N1CCCC1. The van der Waals surface area contributed by atoms with E-state index in [1.165, 1.54) is 0 Å². The number of carbonyl (C=O) groups excluding carboxylic acids is 1. The van der Waals surface area contributed by atoms with Crippen LogP contribution in [0.2, 0.25) is 0 Å². The van der Waals surface area contributed by atoms with Crippen molar-refractivity contribution in [2.75, 3.05) is 25.0 Å². The summed E-state index contributed by atoms with van der Waals surface area (Å²) in [4.78, 5) is 18.2. The lowest BCUT2D eigenvalue weighted by Gasteiger charge is -2.15. The first-order valence-corrected chi connectivity index (χ1v) is 7.33. The highest BCUT2D eigenvalue weighted by Crippen LogP contribution is 2.25. The molecule has 2 heterocycles. The van der Waals surface area contributed by atoms with E-state index in [0.29, 0.717) is 18.8 Å². The van der Waals surface area contributed by atoms with Crippen LogP contribution in [0.15, 0.2) is 30.5 Å². The maximum Gasteiger partial charge on any atom is 0.224 e. The minimum Gasteiger partial charge on any atom is -0.508 e. The quantitative estimate of drug-likeness (QED) is 0.905. The molecule has 0 aliphatic carbocycles. The highest BCUT2D eigenvalue weighted by Gasteiger charge is 2.17. The van der Waals surface area contributed by atoms with Gasteiger partial charge in [-0.2, -0.15) is 0 Å². The van der Waals surface area contributed by atoms with Gasteiger partial charge in [0, 0.05) is 37.6 Å². The van der Waals surface area contributed by atoms with Crippen LogP contribution in [0.4, 0.5) is 5.82 Å². The number of fused-ring (bicyclic) bond motifs is 1. The second-order valence-electron chi connectivity index (χ2n) is 5.33. The van der Waals surface area contributed by atoms with Crippen LogP contribution < -0.4 is 5.32 Å². The molecule has 0 saturated carbocycles. The van der Waals surface area contributed by atoms with Crippen molar-refractivity contribution in [3.05, 3.63) is 30.5 Å². The number of likely N-dealkylation sites (tertiary alicyclic amines) is 1.